The first kappa shape index (κ1) is 14.5. The van der Waals surface area contributed by atoms with Crippen LogP contribution >= 0.6 is 0 Å². The van der Waals surface area contributed by atoms with E-state index in [2.05, 4.69) is 36.0 Å². The topological polar surface area (TPSA) is 54.2 Å². The molecule has 0 radical (unpaired) electrons. The number of hydrogen-bond donors (Lipinski definition) is 1. The molecular formula is C14H26N4O. The lowest BCUT2D eigenvalue weighted by molar-refractivity contribution is -0.0394. The third kappa shape index (κ3) is 2.82. The van der Waals surface area contributed by atoms with E-state index in [4.69, 9.17) is 0 Å². The fourth-order valence-electron chi connectivity index (χ4n) is 3.21. The van der Waals surface area contributed by atoms with Gasteiger partial charge in [-0.2, -0.15) is 5.10 Å². The van der Waals surface area contributed by atoms with Crippen molar-refractivity contribution in [3.05, 3.63) is 12.2 Å². The second-order valence-electron chi connectivity index (χ2n) is 6.20. The van der Waals surface area contributed by atoms with E-state index in [1.165, 1.54) is 12.8 Å². The molecule has 1 fully saturated rings. The van der Waals surface area contributed by atoms with E-state index >= 15 is 0 Å². The molecule has 0 amide bonds. The predicted octanol–water partition coefficient (Wildman–Crippen LogP) is 1.23. The Kier molecular flexibility index (Phi) is 4.26. The van der Waals surface area contributed by atoms with Gasteiger partial charge in [-0.25, -0.2) is 4.98 Å². The van der Waals surface area contributed by atoms with Crippen LogP contribution in [-0.4, -0.2) is 50.5 Å². The zero-order valence-electron chi connectivity index (χ0n) is 12.5. The summed E-state index contributed by atoms with van der Waals surface area (Å²) in [5.41, 5.74) is -0.113. The molecule has 1 heterocycles. The second-order valence-corrected chi connectivity index (χ2v) is 6.20. The minimum Gasteiger partial charge on any atom is -0.391 e. The van der Waals surface area contributed by atoms with Gasteiger partial charge in [0.05, 0.1) is 6.10 Å². The molecular weight excluding hydrogens is 240 g/mol. The van der Waals surface area contributed by atoms with Crippen LogP contribution < -0.4 is 0 Å². The molecule has 5 nitrogen and oxygen atoms in total. The number of aromatic nitrogens is 3. The third-order valence-electron chi connectivity index (χ3n) is 4.83. The van der Waals surface area contributed by atoms with E-state index in [1.807, 2.05) is 7.05 Å². The Labute approximate surface area is 115 Å². The van der Waals surface area contributed by atoms with Crippen molar-refractivity contribution in [2.75, 3.05) is 14.1 Å². The summed E-state index contributed by atoms with van der Waals surface area (Å²) < 4.78 is 1.75. The maximum absolute atomic E-state index is 10.8. The Bertz CT molecular complexity index is 407. The van der Waals surface area contributed by atoms with Crippen molar-refractivity contribution in [1.82, 2.24) is 19.7 Å². The van der Waals surface area contributed by atoms with Gasteiger partial charge in [-0.05, 0) is 45.7 Å². The highest BCUT2D eigenvalue weighted by Gasteiger charge is 2.42. The van der Waals surface area contributed by atoms with Gasteiger partial charge in [-0.15, -0.1) is 0 Å². The number of rotatable bonds is 4. The molecule has 1 aliphatic rings. The monoisotopic (exact) mass is 266 g/mol. The lowest BCUT2D eigenvalue weighted by Crippen LogP contribution is -2.56. The van der Waals surface area contributed by atoms with Gasteiger partial charge in [0.2, 0.25) is 0 Å². The smallest absolute Gasteiger partial charge is 0.138 e. The Balaban J connectivity index is 2.13. The van der Waals surface area contributed by atoms with Crippen LogP contribution in [0.2, 0.25) is 0 Å². The number of likely N-dealkylation sites (N-methyl/N-ethyl adjacent to an activating group) is 1. The van der Waals surface area contributed by atoms with Crippen molar-refractivity contribution >= 4 is 0 Å². The fraction of sp³-hybridized carbons (Fsp3) is 0.857. The summed E-state index contributed by atoms with van der Waals surface area (Å²) in [5.74, 6) is 1.63. The van der Waals surface area contributed by atoms with Crippen molar-refractivity contribution in [2.45, 2.75) is 50.7 Å². The summed E-state index contributed by atoms with van der Waals surface area (Å²) in [6, 6.07) is 0. The number of aliphatic hydroxyl groups excluding tert-OH is 1. The van der Waals surface area contributed by atoms with Gasteiger partial charge < -0.3 is 10.0 Å². The molecule has 0 saturated heterocycles. The first-order valence-corrected chi connectivity index (χ1v) is 7.14. The van der Waals surface area contributed by atoms with E-state index in [0.717, 1.165) is 24.6 Å². The maximum atomic E-state index is 10.8. The molecule has 19 heavy (non-hydrogen) atoms. The summed E-state index contributed by atoms with van der Waals surface area (Å²) in [6.07, 6.45) is 6.22. The van der Waals surface area contributed by atoms with Crippen molar-refractivity contribution in [2.24, 2.45) is 13.0 Å². The van der Waals surface area contributed by atoms with Crippen molar-refractivity contribution in [1.29, 1.82) is 0 Å². The fourth-order valence-corrected chi connectivity index (χ4v) is 3.21. The van der Waals surface area contributed by atoms with Crippen LogP contribution in [0.4, 0.5) is 0 Å². The number of aryl methyl sites for hydroxylation is 1. The van der Waals surface area contributed by atoms with Crippen LogP contribution in [0.25, 0.3) is 0 Å². The molecule has 1 unspecified atom stereocenters. The molecule has 0 bridgehead atoms. The summed E-state index contributed by atoms with van der Waals surface area (Å²) in [4.78, 5) is 6.44. The van der Waals surface area contributed by atoms with E-state index in [-0.39, 0.29) is 5.54 Å². The predicted molar refractivity (Wildman–Crippen MR) is 74.8 cm³/mol. The molecule has 0 aromatic carbocycles. The SMILES string of the molecule is CC1CCC(C(O)Cc2ncnn2C)(N(C)C)CC1. The van der Waals surface area contributed by atoms with Crippen LogP contribution in [0.1, 0.15) is 38.4 Å². The van der Waals surface area contributed by atoms with Gasteiger partial charge in [0, 0.05) is 19.0 Å². The lowest BCUT2D eigenvalue weighted by Gasteiger charge is -2.47. The number of nitrogens with zero attached hydrogens (tertiary/aromatic N) is 4. The standard InChI is InChI=1S/C14H26N4O/c1-11-5-7-14(8-6-11,17(2)3)12(19)9-13-15-10-16-18(13)4/h10-12,19H,5-9H2,1-4H3. The van der Waals surface area contributed by atoms with E-state index in [9.17, 15) is 5.11 Å². The Morgan fingerprint density at radius 1 is 1.47 bits per heavy atom. The van der Waals surface area contributed by atoms with Crippen LogP contribution in [0.15, 0.2) is 6.33 Å². The van der Waals surface area contributed by atoms with Gasteiger partial charge in [0.1, 0.15) is 12.2 Å². The molecule has 1 aromatic rings. The van der Waals surface area contributed by atoms with Gasteiger partial charge >= 0.3 is 0 Å². The second kappa shape index (κ2) is 5.59. The Hall–Kier alpha value is -0.940. The van der Waals surface area contributed by atoms with Gasteiger partial charge in [-0.1, -0.05) is 6.92 Å². The van der Waals surface area contributed by atoms with Crippen molar-refractivity contribution < 1.29 is 5.11 Å². The van der Waals surface area contributed by atoms with Crippen LogP contribution in [-0.2, 0) is 13.5 Å². The summed E-state index contributed by atoms with van der Waals surface area (Å²) in [6.45, 7) is 2.30. The van der Waals surface area contributed by atoms with Crippen LogP contribution in [0, 0.1) is 5.92 Å². The summed E-state index contributed by atoms with van der Waals surface area (Å²) >= 11 is 0. The molecule has 1 aromatic heterocycles. The quantitative estimate of drug-likeness (QED) is 0.890. The van der Waals surface area contributed by atoms with Gasteiger partial charge in [-0.3, -0.25) is 4.68 Å². The van der Waals surface area contributed by atoms with Gasteiger partial charge in [0.25, 0.3) is 0 Å². The van der Waals surface area contributed by atoms with E-state index < -0.39 is 6.10 Å². The lowest BCUT2D eigenvalue weighted by atomic mass is 9.72. The molecule has 2 rings (SSSR count). The normalized spacial score (nSPS) is 29.7. The summed E-state index contributed by atoms with van der Waals surface area (Å²) in [7, 11) is 6.03. The van der Waals surface area contributed by atoms with Crippen LogP contribution in [0.3, 0.4) is 0 Å². The molecule has 0 aliphatic heterocycles. The summed E-state index contributed by atoms with van der Waals surface area (Å²) in [5, 5.41) is 14.8. The van der Waals surface area contributed by atoms with Crippen LogP contribution in [0.5, 0.6) is 0 Å². The Morgan fingerprint density at radius 2 is 2.11 bits per heavy atom. The van der Waals surface area contributed by atoms with E-state index in [0.29, 0.717) is 6.42 Å². The molecule has 108 valence electrons. The maximum Gasteiger partial charge on any atom is 0.138 e. The number of hydrogen-bond acceptors (Lipinski definition) is 4. The molecule has 1 atom stereocenters. The third-order valence-corrected chi connectivity index (χ3v) is 4.83. The molecule has 1 saturated carbocycles. The molecule has 5 heteroatoms. The average Bonchev–Trinajstić information content (AvgIpc) is 2.76. The molecule has 1 aliphatic carbocycles. The number of aliphatic hydroxyl groups is 1. The zero-order valence-corrected chi connectivity index (χ0v) is 12.5. The average molecular weight is 266 g/mol. The van der Waals surface area contributed by atoms with Crippen molar-refractivity contribution in [3.63, 3.8) is 0 Å². The highest BCUT2D eigenvalue weighted by Crippen LogP contribution is 2.38. The first-order valence-electron chi connectivity index (χ1n) is 7.14. The minimum atomic E-state index is -0.391. The largest absolute Gasteiger partial charge is 0.391 e. The molecule has 0 spiro atoms. The van der Waals surface area contributed by atoms with E-state index in [1.54, 1.807) is 11.0 Å². The minimum absolute atomic E-state index is 0.113. The highest BCUT2D eigenvalue weighted by molar-refractivity contribution is 5.02. The first-order chi connectivity index (χ1) is 8.95. The zero-order chi connectivity index (χ0) is 14.0. The van der Waals surface area contributed by atoms with Crippen molar-refractivity contribution in [3.8, 4) is 0 Å². The van der Waals surface area contributed by atoms with Gasteiger partial charge in [0.15, 0.2) is 0 Å². The molecule has 1 N–H and O–H groups in total. The highest BCUT2D eigenvalue weighted by atomic mass is 16.3. The Morgan fingerprint density at radius 3 is 2.58 bits per heavy atom.